The first-order valence-corrected chi connectivity index (χ1v) is 31.1. The Morgan fingerprint density at radius 3 is 0.964 bits per heavy atom. The second-order valence-electron chi connectivity index (χ2n) is 23.4. The molecule has 0 atom stereocenters. The highest BCUT2D eigenvalue weighted by molar-refractivity contribution is 7.27. The van der Waals surface area contributed by atoms with Gasteiger partial charge in [-0.2, -0.15) is 0 Å². The van der Waals surface area contributed by atoms with Crippen LogP contribution in [0, 0.1) is 0 Å². The third kappa shape index (κ3) is 8.22. The van der Waals surface area contributed by atoms with Gasteiger partial charge in [0.05, 0.1) is 0 Å². The average molecular weight is 1110 g/mol. The third-order valence-corrected chi connectivity index (χ3v) is 20.2. The molecule has 0 spiro atoms. The van der Waals surface area contributed by atoms with E-state index in [9.17, 15) is 0 Å². The molecule has 0 unspecified atom stereocenters. The van der Waals surface area contributed by atoms with Crippen molar-refractivity contribution < 1.29 is 0 Å². The maximum Gasteiger partial charge on any atom is 0.0434 e. The van der Waals surface area contributed by atoms with Gasteiger partial charge in [0.15, 0.2) is 0 Å². The van der Waals surface area contributed by atoms with Crippen LogP contribution in [0.15, 0.2) is 267 Å². The van der Waals surface area contributed by atoms with E-state index in [1.54, 1.807) is 0 Å². The SMILES string of the molecule is CC(C)c1ccccc1-c1ccc2c(c1)sc1c2cc2c(-c3cc(-c4ccccc4)ccc3-c3ccccc3)cc3c4sc5cc(-c6ccccc6C(C)C)ccc5c4cc4c(-c5cc(-c6ccccc6)ccc5-c5ccccc5)cc1c2c43. The number of rotatable bonds is 10. The summed E-state index contributed by atoms with van der Waals surface area (Å²) in [6.45, 7) is 9.23. The normalized spacial score (nSPS) is 12.0. The maximum absolute atomic E-state index is 2.61. The average Bonchev–Trinajstić information content (AvgIpc) is 1.32. The highest BCUT2D eigenvalue weighted by Crippen LogP contribution is 2.55. The summed E-state index contributed by atoms with van der Waals surface area (Å²) in [4.78, 5) is 0. The number of hydrogen-bond donors (Lipinski definition) is 0. The Labute approximate surface area is 498 Å². The lowest BCUT2D eigenvalue weighted by Crippen LogP contribution is -1.95. The summed E-state index contributed by atoms with van der Waals surface area (Å²) in [5.74, 6) is 0.800. The lowest BCUT2D eigenvalue weighted by atomic mass is 9.81. The summed E-state index contributed by atoms with van der Waals surface area (Å²) in [5, 5.41) is 12.9. The van der Waals surface area contributed by atoms with Gasteiger partial charge in [-0.3, -0.25) is 0 Å². The van der Waals surface area contributed by atoms with E-state index in [2.05, 4.69) is 295 Å². The molecule has 0 bridgehead atoms. The molecular weight excluding hydrogens is 1050 g/mol. The molecule has 14 aromatic carbocycles. The smallest absolute Gasteiger partial charge is 0.0434 e. The largest absolute Gasteiger partial charge is 0.135 e. The minimum Gasteiger partial charge on any atom is -0.135 e. The molecule has 0 N–H and O–H groups in total. The summed E-state index contributed by atoms with van der Waals surface area (Å²) < 4.78 is 5.24. The summed E-state index contributed by atoms with van der Waals surface area (Å²) in [6.07, 6.45) is 0. The molecule has 398 valence electrons. The van der Waals surface area contributed by atoms with Crippen LogP contribution in [0.2, 0.25) is 0 Å². The van der Waals surface area contributed by atoms with Crippen molar-refractivity contribution >= 4 is 95.3 Å². The third-order valence-electron chi connectivity index (χ3n) is 17.8. The highest BCUT2D eigenvalue weighted by atomic mass is 32.1. The molecule has 0 aliphatic carbocycles. The first-order chi connectivity index (χ1) is 41.3. The Bertz CT molecular complexity index is 4890. The minimum atomic E-state index is 0.400. The van der Waals surface area contributed by atoms with Crippen LogP contribution in [0.5, 0.6) is 0 Å². The van der Waals surface area contributed by atoms with E-state index in [0.29, 0.717) is 11.8 Å². The topological polar surface area (TPSA) is 0 Å². The molecule has 0 amide bonds. The van der Waals surface area contributed by atoms with Crippen molar-refractivity contribution in [3.05, 3.63) is 278 Å². The van der Waals surface area contributed by atoms with Crippen molar-refractivity contribution in [3.63, 3.8) is 0 Å². The Balaban J connectivity index is 1.10. The van der Waals surface area contributed by atoms with Crippen LogP contribution < -0.4 is 0 Å². The van der Waals surface area contributed by atoms with Crippen LogP contribution in [0.25, 0.3) is 162 Å². The zero-order chi connectivity index (χ0) is 56.2. The second-order valence-corrected chi connectivity index (χ2v) is 25.5. The van der Waals surface area contributed by atoms with Crippen LogP contribution in [-0.4, -0.2) is 0 Å². The van der Waals surface area contributed by atoms with Crippen LogP contribution in [0.4, 0.5) is 0 Å². The molecule has 84 heavy (non-hydrogen) atoms. The number of thiophene rings is 2. The van der Waals surface area contributed by atoms with Gasteiger partial charge in [0.25, 0.3) is 0 Å². The van der Waals surface area contributed by atoms with Crippen LogP contribution in [-0.2, 0) is 0 Å². The number of hydrogen-bond acceptors (Lipinski definition) is 2. The molecule has 0 radical (unpaired) electrons. The molecule has 0 nitrogen and oxygen atoms in total. The zero-order valence-corrected chi connectivity index (χ0v) is 49.0. The van der Waals surface area contributed by atoms with Crippen molar-refractivity contribution in [2.75, 3.05) is 0 Å². The maximum atomic E-state index is 2.61. The summed E-state index contributed by atoms with van der Waals surface area (Å²) in [5.41, 5.74) is 22.5. The molecule has 16 aromatic rings. The number of benzene rings is 14. The van der Waals surface area contributed by atoms with Crippen LogP contribution in [0.3, 0.4) is 0 Å². The van der Waals surface area contributed by atoms with Gasteiger partial charge in [-0.15, -0.1) is 22.7 Å². The van der Waals surface area contributed by atoms with Gasteiger partial charge in [-0.05, 0) is 182 Å². The minimum absolute atomic E-state index is 0.400. The van der Waals surface area contributed by atoms with Crippen molar-refractivity contribution in [3.8, 4) is 89.0 Å². The summed E-state index contributed by atoms with van der Waals surface area (Å²) in [7, 11) is 0. The van der Waals surface area contributed by atoms with Gasteiger partial charge in [0.1, 0.15) is 0 Å². The molecule has 2 aromatic heterocycles. The van der Waals surface area contributed by atoms with Gasteiger partial charge in [0.2, 0.25) is 0 Å². The standard InChI is InChI=1S/C82H58S2/c1-49(2)59-29-17-19-31-61(59)57-35-39-65-73-47-71-70(68-42-56(52-23-11-6-12-24-52)34-38-64(68)54-27-15-8-16-28-54)46-76-80-72(48-74-66-40-36-58(44-78(66)84-82(74)76)62-32-20-18-30-60(62)50(3)4)69(45-75(79(71)80)81(73)83-77(65)43-57)67-41-55(51-21-9-5-10-22-51)33-37-63(67)53-25-13-7-14-26-53/h5-50H,1-4H3. The van der Waals surface area contributed by atoms with Gasteiger partial charge >= 0.3 is 0 Å². The first kappa shape index (κ1) is 50.3. The van der Waals surface area contributed by atoms with Gasteiger partial charge in [0, 0.05) is 51.1 Å². The lowest BCUT2D eigenvalue weighted by molar-refractivity contribution is 0.869. The Morgan fingerprint density at radius 1 is 0.214 bits per heavy atom. The van der Waals surface area contributed by atoms with E-state index in [1.807, 2.05) is 22.7 Å². The van der Waals surface area contributed by atoms with E-state index in [0.717, 1.165) is 0 Å². The van der Waals surface area contributed by atoms with Gasteiger partial charge in [-0.25, -0.2) is 0 Å². The zero-order valence-electron chi connectivity index (χ0n) is 47.4. The molecule has 16 rings (SSSR count). The number of fused-ring (bicyclic) bond motifs is 8. The first-order valence-electron chi connectivity index (χ1n) is 29.5. The monoisotopic (exact) mass is 1110 g/mol. The fourth-order valence-electron chi connectivity index (χ4n) is 13.8. The van der Waals surface area contributed by atoms with Crippen LogP contribution >= 0.6 is 22.7 Å². The van der Waals surface area contributed by atoms with E-state index >= 15 is 0 Å². The molecule has 0 aliphatic heterocycles. The van der Waals surface area contributed by atoms with E-state index in [-0.39, 0.29) is 0 Å². The molecule has 2 heteroatoms. The Morgan fingerprint density at radius 2 is 0.571 bits per heavy atom. The predicted octanol–water partition coefficient (Wildman–Crippen LogP) is 24.9. The second kappa shape index (κ2) is 20.2. The van der Waals surface area contributed by atoms with Crippen molar-refractivity contribution in [2.24, 2.45) is 0 Å². The summed E-state index contributed by atoms with van der Waals surface area (Å²) >= 11 is 3.91. The molecule has 0 saturated heterocycles. The van der Waals surface area contributed by atoms with Gasteiger partial charge < -0.3 is 0 Å². The predicted molar refractivity (Wildman–Crippen MR) is 368 cm³/mol. The van der Waals surface area contributed by atoms with Crippen molar-refractivity contribution in [1.29, 1.82) is 0 Å². The van der Waals surface area contributed by atoms with Gasteiger partial charge in [-0.1, -0.05) is 246 Å². The fraction of sp³-hybridized carbons (Fsp3) is 0.0732. The van der Waals surface area contributed by atoms with Crippen molar-refractivity contribution in [1.82, 2.24) is 0 Å². The Kier molecular flexibility index (Phi) is 12.1. The molecular formula is C82H58S2. The lowest BCUT2D eigenvalue weighted by Gasteiger charge is -2.22. The molecule has 0 aliphatic rings. The molecule has 0 fully saturated rings. The Hall–Kier alpha value is -9.44. The van der Waals surface area contributed by atoms with Crippen LogP contribution in [0.1, 0.15) is 50.7 Å². The van der Waals surface area contributed by atoms with Crippen molar-refractivity contribution in [2.45, 2.75) is 39.5 Å². The quantitative estimate of drug-likeness (QED) is 0.120. The van der Waals surface area contributed by atoms with E-state index in [1.165, 1.54) is 173 Å². The fourth-order valence-corrected chi connectivity index (χ4v) is 16.2. The van der Waals surface area contributed by atoms with E-state index in [4.69, 9.17) is 0 Å². The highest BCUT2D eigenvalue weighted by Gasteiger charge is 2.27. The molecule has 0 saturated carbocycles. The molecule has 2 heterocycles. The van der Waals surface area contributed by atoms with E-state index < -0.39 is 0 Å². The summed E-state index contributed by atoms with van der Waals surface area (Å²) in [6, 6.07) is 101.